The van der Waals surface area contributed by atoms with Crippen molar-refractivity contribution in [2.45, 2.75) is 0 Å². The molecule has 1 heteroatoms. The average molecular weight is 663 g/mol. The van der Waals surface area contributed by atoms with Gasteiger partial charge in [0.25, 0.3) is 0 Å². The van der Waals surface area contributed by atoms with Crippen molar-refractivity contribution < 1.29 is 0 Å². The zero-order chi connectivity index (χ0) is 33.5. The lowest BCUT2D eigenvalue weighted by Gasteiger charge is -2.18. The molecule has 0 aliphatic heterocycles. The van der Waals surface area contributed by atoms with E-state index >= 15 is 0 Å². The lowest BCUT2D eigenvalue weighted by Crippen LogP contribution is -1.90. The van der Waals surface area contributed by atoms with Gasteiger partial charge in [0.1, 0.15) is 0 Å². The molecular weight excluding hydrogens is 633 g/mol. The summed E-state index contributed by atoms with van der Waals surface area (Å²) in [6.45, 7) is 0. The van der Waals surface area contributed by atoms with E-state index in [1.54, 1.807) is 0 Å². The quantitative estimate of drug-likeness (QED) is 0.130. The molecule has 0 atom stereocenters. The Balaban J connectivity index is 1.18. The summed E-state index contributed by atoms with van der Waals surface area (Å²) in [5.74, 6) is 0. The highest BCUT2D eigenvalue weighted by Crippen LogP contribution is 2.48. The van der Waals surface area contributed by atoms with Gasteiger partial charge in [-0.05, 0) is 100 Å². The molecule has 0 N–H and O–H groups in total. The summed E-state index contributed by atoms with van der Waals surface area (Å²) in [6.07, 6.45) is 0. The third-order valence-corrected chi connectivity index (χ3v) is 12.0. The number of benzene rings is 10. The maximum atomic E-state index is 2.45. The van der Waals surface area contributed by atoms with E-state index in [4.69, 9.17) is 0 Å². The molecule has 0 nitrogen and oxygen atoms in total. The van der Waals surface area contributed by atoms with Crippen LogP contribution in [0.3, 0.4) is 0 Å². The number of hydrogen-bond donors (Lipinski definition) is 0. The minimum Gasteiger partial charge on any atom is -0.134 e. The predicted octanol–water partition coefficient (Wildman–Crippen LogP) is 14.8. The summed E-state index contributed by atoms with van der Waals surface area (Å²) in [5, 5.41) is 15.6. The standard InChI is InChI=1S/C50H30S/c1-2-12-31(13-3-1)34-24-26-43-45(29-34)37-16-6-7-17-38(37)49-44-27-25-36(30-46(44)51-50(43)49)48-41-20-10-8-18-39(41)47(40-19-9-11-21-42(40)48)35-23-22-32-14-4-5-15-33(32)28-35/h1-30H. The van der Waals surface area contributed by atoms with Crippen LogP contribution in [-0.4, -0.2) is 0 Å². The first-order chi connectivity index (χ1) is 25.3. The lowest BCUT2D eigenvalue weighted by atomic mass is 9.85. The molecule has 0 aliphatic carbocycles. The van der Waals surface area contributed by atoms with Crippen LogP contribution >= 0.6 is 11.3 Å². The highest BCUT2D eigenvalue weighted by molar-refractivity contribution is 7.27. The largest absolute Gasteiger partial charge is 0.134 e. The van der Waals surface area contributed by atoms with E-state index in [0.717, 1.165) is 0 Å². The maximum absolute atomic E-state index is 2.45. The second-order valence-corrected chi connectivity index (χ2v) is 14.6. The van der Waals surface area contributed by atoms with Gasteiger partial charge in [-0.15, -0.1) is 11.3 Å². The van der Waals surface area contributed by atoms with Crippen molar-refractivity contribution in [2.24, 2.45) is 0 Å². The normalized spacial score (nSPS) is 11.9. The third kappa shape index (κ3) is 4.32. The molecule has 51 heavy (non-hydrogen) atoms. The van der Waals surface area contributed by atoms with Gasteiger partial charge in [-0.25, -0.2) is 0 Å². The Bertz CT molecular complexity index is 3130. The summed E-state index contributed by atoms with van der Waals surface area (Å²) >= 11 is 1.93. The molecular formula is C50H30S. The molecule has 0 bridgehead atoms. The van der Waals surface area contributed by atoms with Gasteiger partial charge in [0.05, 0.1) is 0 Å². The Labute approximate surface area is 299 Å². The van der Waals surface area contributed by atoms with Gasteiger partial charge in [-0.2, -0.15) is 0 Å². The number of hydrogen-bond acceptors (Lipinski definition) is 1. The van der Waals surface area contributed by atoms with Crippen molar-refractivity contribution >= 4 is 85.4 Å². The summed E-state index contributed by atoms with van der Waals surface area (Å²) in [7, 11) is 0. The van der Waals surface area contributed by atoms with Crippen LogP contribution in [0.5, 0.6) is 0 Å². The monoisotopic (exact) mass is 662 g/mol. The molecule has 11 aromatic rings. The maximum Gasteiger partial charge on any atom is 0.0440 e. The van der Waals surface area contributed by atoms with Gasteiger partial charge in [-0.3, -0.25) is 0 Å². The molecule has 0 spiro atoms. The van der Waals surface area contributed by atoms with Gasteiger partial charge in [0, 0.05) is 25.6 Å². The van der Waals surface area contributed by atoms with Crippen LogP contribution in [0.15, 0.2) is 182 Å². The summed E-state index contributed by atoms with van der Waals surface area (Å²) in [6, 6.07) is 67.4. The molecule has 1 aromatic heterocycles. The Hall–Kier alpha value is -6.28. The summed E-state index contributed by atoms with van der Waals surface area (Å²) in [4.78, 5) is 0. The Kier molecular flexibility index (Phi) is 6.22. The van der Waals surface area contributed by atoms with E-state index in [-0.39, 0.29) is 0 Å². The lowest BCUT2D eigenvalue weighted by molar-refractivity contribution is 1.65. The molecule has 11 rings (SSSR count). The second kappa shape index (κ2) is 11.1. The Morgan fingerprint density at radius 2 is 0.804 bits per heavy atom. The fraction of sp³-hybridized carbons (Fsp3) is 0. The molecule has 0 radical (unpaired) electrons. The van der Waals surface area contributed by atoms with Crippen LogP contribution in [0, 0.1) is 0 Å². The van der Waals surface area contributed by atoms with Gasteiger partial charge < -0.3 is 0 Å². The minimum atomic E-state index is 1.25. The molecule has 10 aromatic carbocycles. The Morgan fingerprint density at radius 1 is 0.275 bits per heavy atom. The van der Waals surface area contributed by atoms with Crippen LogP contribution in [0.1, 0.15) is 0 Å². The highest BCUT2D eigenvalue weighted by Gasteiger charge is 2.19. The zero-order valence-electron chi connectivity index (χ0n) is 27.7. The van der Waals surface area contributed by atoms with Gasteiger partial charge in [-0.1, -0.05) is 164 Å². The molecule has 1 heterocycles. The van der Waals surface area contributed by atoms with Crippen molar-refractivity contribution in [3.63, 3.8) is 0 Å². The number of thiophene rings is 1. The predicted molar refractivity (Wildman–Crippen MR) is 223 cm³/mol. The van der Waals surface area contributed by atoms with Gasteiger partial charge in [0.2, 0.25) is 0 Å². The van der Waals surface area contributed by atoms with E-state index in [0.29, 0.717) is 0 Å². The fourth-order valence-corrected chi connectivity index (χ4v) is 9.81. The Morgan fingerprint density at radius 3 is 1.51 bits per heavy atom. The minimum absolute atomic E-state index is 1.25. The highest BCUT2D eigenvalue weighted by atomic mass is 32.1. The average Bonchev–Trinajstić information content (AvgIpc) is 3.59. The van der Waals surface area contributed by atoms with Crippen LogP contribution in [0.4, 0.5) is 0 Å². The van der Waals surface area contributed by atoms with Crippen LogP contribution in [0.2, 0.25) is 0 Å². The molecule has 0 unspecified atom stereocenters. The fourth-order valence-electron chi connectivity index (χ4n) is 8.52. The van der Waals surface area contributed by atoms with Crippen molar-refractivity contribution in [1.82, 2.24) is 0 Å². The summed E-state index contributed by atoms with van der Waals surface area (Å²) < 4.78 is 2.68. The summed E-state index contributed by atoms with van der Waals surface area (Å²) in [5.41, 5.74) is 7.60. The molecule has 0 aliphatic rings. The first kappa shape index (κ1) is 28.5. The molecule has 236 valence electrons. The van der Waals surface area contributed by atoms with Crippen molar-refractivity contribution in [3.05, 3.63) is 182 Å². The SMILES string of the molecule is c1ccc(-c2ccc3c(c2)c2ccccc2c2c4ccc(-c5c6ccccc6c(-c6ccc7ccccc7c6)c6ccccc56)cc4sc32)cc1. The smallest absolute Gasteiger partial charge is 0.0440 e. The van der Waals surface area contributed by atoms with Crippen molar-refractivity contribution in [3.8, 4) is 33.4 Å². The third-order valence-electron chi connectivity index (χ3n) is 10.8. The van der Waals surface area contributed by atoms with Gasteiger partial charge in [0.15, 0.2) is 0 Å². The second-order valence-electron chi connectivity index (χ2n) is 13.6. The zero-order valence-corrected chi connectivity index (χ0v) is 28.5. The van der Waals surface area contributed by atoms with Crippen molar-refractivity contribution in [1.29, 1.82) is 0 Å². The van der Waals surface area contributed by atoms with E-state index < -0.39 is 0 Å². The van der Waals surface area contributed by atoms with Crippen LogP contribution in [-0.2, 0) is 0 Å². The van der Waals surface area contributed by atoms with E-state index in [2.05, 4.69) is 182 Å². The first-order valence-electron chi connectivity index (χ1n) is 17.6. The topological polar surface area (TPSA) is 0 Å². The number of rotatable bonds is 3. The van der Waals surface area contributed by atoms with Crippen LogP contribution < -0.4 is 0 Å². The number of fused-ring (bicyclic) bond motifs is 11. The van der Waals surface area contributed by atoms with Crippen LogP contribution in [0.25, 0.3) is 107 Å². The van der Waals surface area contributed by atoms with Crippen molar-refractivity contribution in [2.75, 3.05) is 0 Å². The first-order valence-corrected chi connectivity index (χ1v) is 18.4. The van der Waals surface area contributed by atoms with E-state index in [1.807, 2.05) is 11.3 Å². The van der Waals surface area contributed by atoms with E-state index in [1.165, 1.54) is 107 Å². The molecule has 0 fully saturated rings. The molecule has 0 saturated carbocycles. The van der Waals surface area contributed by atoms with Gasteiger partial charge >= 0.3 is 0 Å². The molecule has 0 saturated heterocycles. The molecule has 0 amide bonds. The van der Waals surface area contributed by atoms with E-state index in [9.17, 15) is 0 Å².